The monoisotopic (exact) mass is 253 g/mol. The second-order valence-electron chi connectivity index (χ2n) is 4.37. The summed E-state index contributed by atoms with van der Waals surface area (Å²) in [5.41, 5.74) is 6.54. The van der Waals surface area contributed by atoms with Gasteiger partial charge in [0.05, 0.1) is 0 Å². The smallest absolute Gasteiger partial charge is 0.324 e. The molecule has 4 heteroatoms. The molecule has 96 valence electrons. The lowest BCUT2D eigenvalue weighted by Gasteiger charge is -2.14. The van der Waals surface area contributed by atoms with Gasteiger partial charge in [-0.05, 0) is 28.8 Å². The number of hydrogen-bond acceptors (Lipinski definition) is 1. The third-order valence-electron chi connectivity index (χ3n) is 2.94. The van der Waals surface area contributed by atoms with Gasteiger partial charge in [0, 0.05) is 12.5 Å². The topological polar surface area (TPSA) is 26.0 Å². The predicted molar refractivity (Wildman–Crippen MR) is 66.2 cm³/mol. The molecule has 2 rings (SSSR count). The molecule has 0 aromatic heterocycles. The average molecular weight is 253 g/mol. The van der Waals surface area contributed by atoms with Crippen LogP contribution >= 0.6 is 0 Å². The van der Waals surface area contributed by atoms with Crippen molar-refractivity contribution in [2.45, 2.75) is 25.1 Å². The van der Waals surface area contributed by atoms with E-state index in [1.165, 1.54) is 0 Å². The van der Waals surface area contributed by atoms with E-state index in [0.29, 0.717) is 0 Å². The fourth-order valence-electron chi connectivity index (χ4n) is 1.92. The molecule has 0 aliphatic carbocycles. The molecule has 18 heavy (non-hydrogen) atoms. The molecule has 1 atom stereocenters. The first-order valence-corrected chi connectivity index (χ1v) is 5.77. The molecular formula is C14H14F3N. The number of nitrogens with two attached hydrogens (primary N) is 1. The largest absolute Gasteiger partial charge is 0.389 e. The van der Waals surface area contributed by atoms with E-state index < -0.39 is 18.6 Å². The van der Waals surface area contributed by atoms with Crippen molar-refractivity contribution in [3.8, 4) is 0 Å². The van der Waals surface area contributed by atoms with Crippen LogP contribution in [0.25, 0.3) is 10.8 Å². The number of fused-ring (bicyclic) bond motifs is 1. The Kier molecular flexibility index (Phi) is 3.57. The highest BCUT2D eigenvalue weighted by molar-refractivity contribution is 5.83. The summed E-state index contributed by atoms with van der Waals surface area (Å²) >= 11 is 0. The van der Waals surface area contributed by atoms with Crippen LogP contribution in [0.2, 0.25) is 0 Å². The third-order valence-corrected chi connectivity index (χ3v) is 2.94. The first-order valence-electron chi connectivity index (χ1n) is 5.77. The first kappa shape index (κ1) is 12.9. The van der Waals surface area contributed by atoms with Gasteiger partial charge in [-0.15, -0.1) is 0 Å². The molecule has 0 fully saturated rings. The van der Waals surface area contributed by atoms with Crippen LogP contribution in [0, 0.1) is 0 Å². The molecule has 0 aliphatic heterocycles. The third kappa shape index (κ3) is 3.23. The number of hydrogen-bond donors (Lipinski definition) is 1. The van der Waals surface area contributed by atoms with E-state index in [1.54, 1.807) is 6.07 Å². The van der Waals surface area contributed by atoms with Crippen molar-refractivity contribution in [2.75, 3.05) is 0 Å². The van der Waals surface area contributed by atoms with Crippen LogP contribution in [-0.4, -0.2) is 6.18 Å². The first-order chi connectivity index (χ1) is 8.46. The maximum Gasteiger partial charge on any atom is 0.389 e. The number of alkyl halides is 3. The van der Waals surface area contributed by atoms with Gasteiger partial charge in [0.25, 0.3) is 0 Å². The Hall–Kier alpha value is -1.55. The highest BCUT2D eigenvalue weighted by atomic mass is 19.4. The van der Waals surface area contributed by atoms with Crippen molar-refractivity contribution in [3.63, 3.8) is 0 Å². The summed E-state index contributed by atoms with van der Waals surface area (Å²) in [6.07, 6.45) is -5.07. The summed E-state index contributed by atoms with van der Waals surface area (Å²) < 4.78 is 36.4. The fraction of sp³-hybridized carbons (Fsp3) is 0.286. The van der Waals surface area contributed by atoms with Crippen molar-refractivity contribution in [1.29, 1.82) is 0 Å². The van der Waals surface area contributed by atoms with E-state index in [4.69, 9.17) is 5.73 Å². The Morgan fingerprint density at radius 2 is 1.67 bits per heavy atom. The van der Waals surface area contributed by atoms with Crippen LogP contribution in [0.15, 0.2) is 42.5 Å². The summed E-state index contributed by atoms with van der Waals surface area (Å²) in [6.45, 7) is 0. The standard InChI is InChI=1S/C14H14F3N/c15-14(16,17)8-7-13(18)12-6-5-10-3-1-2-4-11(10)9-12/h1-6,9,13H,7-8,18H2/t13-/m0/s1. The molecule has 0 amide bonds. The fourth-order valence-corrected chi connectivity index (χ4v) is 1.92. The maximum atomic E-state index is 12.1. The second-order valence-corrected chi connectivity index (χ2v) is 4.37. The Balaban J connectivity index is 2.15. The summed E-state index contributed by atoms with van der Waals surface area (Å²) in [5, 5.41) is 2.06. The molecule has 2 N–H and O–H groups in total. The number of halogens is 3. The van der Waals surface area contributed by atoms with Gasteiger partial charge in [-0.2, -0.15) is 13.2 Å². The van der Waals surface area contributed by atoms with Crippen molar-refractivity contribution in [2.24, 2.45) is 5.73 Å². The van der Waals surface area contributed by atoms with Crippen LogP contribution < -0.4 is 5.73 Å². The van der Waals surface area contributed by atoms with Gasteiger partial charge >= 0.3 is 6.18 Å². The minimum absolute atomic E-state index is 0.0815. The van der Waals surface area contributed by atoms with Gasteiger partial charge in [0.15, 0.2) is 0 Å². The van der Waals surface area contributed by atoms with Crippen LogP contribution in [0.1, 0.15) is 24.4 Å². The van der Waals surface area contributed by atoms with Crippen LogP contribution in [0.4, 0.5) is 13.2 Å². The minimum Gasteiger partial charge on any atom is -0.324 e. The molecule has 0 bridgehead atoms. The Labute approximate surface area is 103 Å². The average Bonchev–Trinajstić information content (AvgIpc) is 2.34. The van der Waals surface area contributed by atoms with E-state index >= 15 is 0 Å². The molecule has 2 aromatic carbocycles. The van der Waals surface area contributed by atoms with Gasteiger partial charge in [-0.1, -0.05) is 36.4 Å². The summed E-state index contributed by atoms with van der Waals surface area (Å²) in [7, 11) is 0. The Bertz CT molecular complexity index is 534. The van der Waals surface area contributed by atoms with Crippen molar-refractivity contribution in [1.82, 2.24) is 0 Å². The summed E-state index contributed by atoms with van der Waals surface area (Å²) in [5.74, 6) is 0. The second kappa shape index (κ2) is 4.98. The molecule has 0 spiro atoms. The zero-order chi connectivity index (χ0) is 13.2. The molecule has 0 unspecified atom stereocenters. The Morgan fingerprint density at radius 3 is 2.33 bits per heavy atom. The van der Waals surface area contributed by atoms with Gasteiger partial charge in [-0.3, -0.25) is 0 Å². The van der Waals surface area contributed by atoms with Gasteiger partial charge in [0.1, 0.15) is 0 Å². The van der Waals surface area contributed by atoms with Crippen molar-refractivity contribution < 1.29 is 13.2 Å². The number of benzene rings is 2. The number of rotatable bonds is 3. The summed E-state index contributed by atoms with van der Waals surface area (Å²) in [4.78, 5) is 0. The molecule has 1 nitrogen and oxygen atoms in total. The molecule has 0 aliphatic rings. The van der Waals surface area contributed by atoms with Crippen LogP contribution in [0.3, 0.4) is 0 Å². The van der Waals surface area contributed by atoms with Crippen molar-refractivity contribution in [3.05, 3.63) is 48.0 Å². The van der Waals surface area contributed by atoms with E-state index in [1.807, 2.05) is 36.4 Å². The quantitative estimate of drug-likeness (QED) is 0.872. The maximum absolute atomic E-state index is 12.1. The van der Waals surface area contributed by atoms with Crippen LogP contribution in [-0.2, 0) is 0 Å². The van der Waals surface area contributed by atoms with Gasteiger partial charge < -0.3 is 5.73 Å². The normalized spacial score (nSPS) is 13.8. The van der Waals surface area contributed by atoms with Gasteiger partial charge in [-0.25, -0.2) is 0 Å². The predicted octanol–water partition coefficient (Wildman–Crippen LogP) is 4.18. The molecule has 0 heterocycles. The minimum atomic E-state index is -4.14. The summed E-state index contributed by atoms with van der Waals surface area (Å²) in [6, 6.07) is 12.7. The van der Waals surface area contributed by atoms with Gasteiger partial charge in [0.2, 0.25) is 0 Å². The lowest BCUT2D eigenvalue weighted by Crippen LogP contribution is -2.15. The zero-order valence-electron chi connectivity index (χ0n) is 9.74. The van der Waals surface area contributed by atoms with Crippen molar-refractivity contribution >= 4 is 10.8 Å². The molecule has 2 aromatic rings. The molecule has 0 saturated heterocycles. The lowest BCUT2D eigenvalue weighted by molar-refractivity contribution is -0.136. The highest BCUT2D eigenvalue weighted by Crippen LogP contribution is 2.27. The van der Waals surface area contributed by atoms with E-state index in [0.717, 1.165) is 16.3 Å². The SMILES string of the molecule is N[C@@H](CCC(F)(F)F)c1ccc2ccccc2c1. The van der Waals surface area contributed by atoms with E-state index in [2.05, 4.69) is 0 Å². The van der Waals surface area contributed by atoms with Crippen LogP contribution in [0.5, 0.6) is 0 Å². The zero-order valence-corrected chi connectivity index (χ0v) is 9.74. The lowest BCUT2D eigenvalue weighted by atomic mass is 9.99. The molecule has 0 saturated carbocycles. The molecular weight excluding hydrogens is 239 g/mol. The van der Waals surface area contributed by atoms with E-state index in [9.17, 15) is 13.2 Å². The Morgan fingerprint density at radius 1 is 1.00 bits per heavy atom. The highest BCUT2D eigenvalue weighted by Gasteiger charge is 2.27. The molecule has 0 radical (unpaired) electrons. The van der Waals surface area contributed by atoms with E-state index in [-0.39, 0.29) is 6.42 Å².